The van der Waals surface area contributed by atoms with Gasteiger partial charge in [0.1, 0.15) is 5.76 Å². The SMILES string of the molecule is O=C1C(=O)N(Cc2cccnc2)[C@@H](c2ccccc2[N+](=O)[O-])C1=C(O)c1ccc(Cl)cc1. The lowest BCUT2D eigenvalue weighted by atomic mass is 9.94. The Hall–Kier alpha value is -4.04. The molecule has 0 bridgehead atoms. The zero-order valence-corrected chi connectivity index (χ0v) is 17.3. The second kappa shape index (κ2) is 8.60. The minimum absolute atomic E-state index is 0.0213. The average Bonchev–Trinajstić information content (AvgIpc) is 3.04. The monoisotopic (exact) mass is 449 g/mol. The van der Waals surface area contributed by atoms with E-state index in [1.807, 2.05) is 0 Å². The molecule has 1 aromatic heterocycles. The number of aliphatic hydroxyl groups excluding tert-OH is 1. The molecule has 1 aliphatic heterocycles. The molecule has 0 spiro atoms. The van der Waals surface area contributed by atoms with Crippen LogP contribution in [0.3, 0.4) is 0 Å². The van der Waals surface area contributed by atoms with Gasteiger partial charge < -0.3 is 10.0 Å². The number of likely N-dealkylation sites (tertiary alicyclic amines) is 1. The minimum Gasteiger partial charge on any atom is -0.507 e. The van der Waals surface area contributed by atoms with Crippen molar-refractivity contribution in [1.82, 2.24) is 9.88 Å². The third-order valence-corrected chi connectivity index (χ3v) is 5.41. The van der Waals surface area contributed by atoms with Crippen LogP contribution in [0.25, 0.3) is 5.76 Å². The Morgan fingerprint density at radius 1 is 1.09 bits per heavy atom. The highest BCUT2D eigenvalue weighted by Gasteiger charge is 2.48. The Kier molecular flexibility index (Phi) is 5.70. The molecule has 1 N–H and O–H groups in total. The van der Waals surface area contributed by atoms with Gasteiger partial charge in [0.2, 0.25) is 0 Å². The molecule has 2 aromatic carbocycles. The van der Waals surface area contributed by atoms with Crippen LogP contribution in [0.5, 0.6) is 0 Å². The van der Waals surface area contributed by atoms with Gasteiger partial charge in [-0.15, -0.1) is 0 Å². The van der Waals surface area contributed by atoms with E-state index in [4.69, 9.17) is 11.6 Å². The lowest BCUT2D eigenvalue weighted by molar-refractivity contribution is -0.385. The van der Waals surface area contributed by atoms with E-state index >= 15 is 0 Å². The average molecular weight is 450 g/mol. The summed E-state index contributed by atoms with van der Waals surface area (Å²) in [6.45, 7) is -0.0213. The summed E-state index contributed by atoms with van der Waals surface area (Å²) in [4.78, 5) is 42.4. The number of pyridine rings is 1. The quantitative estimate of drug-likeness (QED) is 0.204. The lowest BCUT2D eigenvalue weighted by Gasteiger charge is -2.25. The summed E-state index contributed by atoms with van der Waals surface area (Å²) >= 11 is 5.91. The highest BCUT2D eigenvalue weighted by molar-refractivity contribution is 6.46. The van der Waals surface area contributed by atoms with Gasteiger partial charge in [0.05, 0.1) is 22.1 Å². The molecule has 32 heavy (non-hydrogen) atoms. The number of Topliss-reactive ketones (excluding diaryl/α,β-unsaturated/α-hetero) is 1. The number of carbonyl (C=O) groups excluding carboxylic acids is 2. The van der Waals surface area contributed by atoms with Crippen molar-refractivity contribution in [1.29, 1.82) is 0 Å². The topological polar surface area (TPSA) is 114 Å². The van der Waals surface area contributed by atoms with Gasteiger partial charge >= 0.3 is 0 Å². The molecule has 0 radical (unpaired) electrons. The van der Waals surface area contributed by atoms with Crippen LogP contribution in [0.4, 0.5) is 5.69 Å². The number of nitrogens with zero attached hydrogens (tertiary/aromatic N) is 3. The second-order valence-corrected chi connectivity index (χ2v) is 7.55. The van der Waals surface area contributed by atoms with Gasteiger partial charge in [-0.3, -0.25) is 24.7 Å². The highest BCUT2D eigenvalue weighted by Crippen LogP contribution is 2.43. The number of nitro benzene ring substituents is 1. The van der Waals surface area contributed by atoms with Crippen molar-refractivity contribution in [3.8, 4) is 0 Å². The molecule has 1 aliphatic rings. The molecule has 1 saturated heterocycles. The molecule has 1 fully saturated rings. The third kappa shape index (κ3) is 3.83. The van der Waals surface area contributed by atoms with Crippen molar-refractivity contribution < 1.29 is 19.6 Å². The number of benzene rings is 2. The number of hydrogen-bond acceptors (Lipinski definition) is 6. The summed E-state index contributed by atoms with van der Waals surface area (Å²) in [5.74, 6) is -2.23. The van der Waals surface area contributed by atoms with E-state index in [0.29, 0.717) is 10.6 Å². The zero-order valence-electron chi connectivity index (χ0n) is 16.5. The Bertz CT molecular complexity index is 1240. The summed E-state index contributed by atoms with van der Waals surface area (Å²) in [6, 6.07) is 14.1. The van der Waals surface area contributed by atoms with Crippen molar-refractivity contribution in [2.45, 2.75) is 12.6 Å². The summed E-state index contributed by atoms with van der Waals surface area (Å²) in [7, 11) is 0. The molecule has 8 nitrogen and oxygen atoms in total. The van der Waals surface area contributed by atoms with E-state index in [9.17, 15) is 24.8 Å². The number of carbonyl (C=O) groups is 2. The maximum absolute atomic E-state index is 13.0. The number of amides is 1. The van der Waals surface area contributed by atoms with Gasteiger partial charge in [-0.1, -0.05) is 29.8 Å². The van der Waals surface area contributed by atoms with E-state index in [1.54, 1.807) is 24.4 Å². The zero-order chi connectivity index (χ0) is 22.8. The first kappa shape index (κ1) is 21.2. The van der Waals surface area contributed by atoms with Crippen molar-refractivity contribution in [3.05, 3.63) is 110 Å². The number of aromatic nitrogens is 1. The number of rotatable bonds is 5. The standard InChI is InChI=1S/C23H16ClN3O5/c24-16-9-7-15(8-10-16)21(28)19-20(17-5-1-2-6-18(17)27(31)32)26(23(30)22(19)29)13-14-4-3-11-25-12-14/h1-12,20,28H,13H2/t20-/m0/s1. The molecule has 0 saturated carbocycles. The lowest BCUT2D eigenvalue weighted by Crippen LogP contribution is -2.29. The van der Waals surface area contributed by atoms with Gasteiger partial charge in [-0.2, -0.15) is 0 Å². The third-order valence-electron chi connectivity index (χ3n) is 5.16. The number of halogens is 1. The first-order valence-electron chi connectivity index (χ1n) is 9.55. The molecule has 0 unspecified atom stereocenters. The van der Waals surface area contributed by atoms with Crippen LogP contribution in [-0.2, 0) is 16.1 Å². The maximum atomic E-state index is 13.0. The van der Waals surface area contributed by atoms with Gasteiger partial charge in [-0.25, -0.2) is 0 Å². The van der Waals surface area contributed by atoms with Crippen LogP contribution in [0, 0.1) is 10.1 Å². The maximum Gasteiger partial charge on any atom is 0.295 e. The molecule has 0 aliphatic carbocycles. The fourth-order valence-electron chi connectivity index (χ4n) is 3.70. The number of hydrogen-bond donors (Lipinski definition) is 1. The van der Waals surface area contributed by atoms with E-state index in [2.05, 4.69) is 4.98 Å². The number of para-hydroxylation sites is 1. The van der Waals surface area contributed by atoms with Gasteiger partial charge in [0.15, 0.2) is 0 Å². The van der Waals surface area contributed by atoms with Crippen LogP contribution in [-0.4, -0.2) is 31.6 Å². The van der Waals surface area contributed by atoms with Gasteiger partial charge in [0.25, 0.3) is 17.4 Å². The molecular formula is C23H16ClN3O5. The highest BCUT2D eigenvalue weighted by atomic mass is 35.5. The molecule has 3 aromatic rings. The van der Waals surface area contributed by atoms with E-state index in [-0.39, 0.29) is 28.9 Å². The van der Waals surface area contributed by atoms with Crippen molar-refractivity contribution in [2.75, 3.05) is 0 Å². The first-order valence-corrected chi connectivity index (χ1v) is 9.93. The normalized spacial score (nSPS) is 17.5. The fraction of sp³-hybridized carbons (Fsp3) is 0.0870. The van der Waals surface area contributed by atoms with Crippen LogP contribution in [0.15, 0.2) is 78.6 Å². The van der Waals surface area contributed by atoms with E-state index < -0.39 is 28.4 Å². The summed E-state index contributed by atoms with van der Waals surface area (Å²) in [6.07, 6.45) is 3.10. The number of ketones is 1. The molecule has 1 amide bonds. The predicted molar refractivity (Wildman–Crippen MR) is 117 cm³/mol. The Balaban J connectivity index is 1.93. The Labute approximate surface area is 187 Å². The molecule has 1 atom stereocenters. The van der Waals surface area contributed by atoms with Gasteiger partial charge in [-0.05, 0) is 42.0 Å². The Morgan fingerprint density at radius 2 is 1.81 bits per heavy atom. The van der Waals surface area contributed by atoms with Gasteiger partial charge in [0, 0.05) is 35.6 Å². The van der Waals surface area contributed by atoms with Crippen LogP contribution in [0.1, 0.15) is 22.7 Å². The minimum atomic E-state index is -1.16. The molecule has 2 heterocycles. The van der Waals surface area contributed by atoms with Crippen LogP contribution in [0.2, 0.25) is 5.02 Å². The summed E-state index contributed by atoms with van der Waals surface area (Å²) < 4.78 is 0. The fourth-order valence-corrected chi connectivity index (χ4v) is 3.83. The van der Waals surface area contributed by atoms with Crippen molar-refractivity contribution in [3.63, 3.8) is 0 Å². The Morgan fingerprint density at radius 3 is 2.47 bits per heavy atom. The molecule has 9 heteroatoms. The second-order valence-electron chi connectivity index (χ2n) is 7.11. The van der Waals surface area contributed by atoms with E-state index in [1.165, 1.54) is 53.6 Å². The predicted octanol–water partition coefficient (Wildman–Crippen LogP) is 4.27. The molecule has 4 rings (SSSR count). The van der Waals surface area contributed by atoms with E-state index in [0.717, 1.165) is 0 Å². The smallest absolute Gasteiger partial charge is 0.295 e. The number of aliphatic hydroxyl groups is 1. The van der Waals surface area contributed by atoms with Crippen LogP contribution >= 0.6 is 11.6 Å². The summed E-state index contributed by atoms with van der Waals surface area (Å²) in [5.41, 5.74) is 0.519. The largest absolute Gasteiger partial charge is 0.507 e. The van der Waals surface area contributed by atoms with Crippen molar-refractivity contribution >= 4 is 34.7 Å². The van der Waals surface area contributed by atoms with Crippen LogP contribution < -0.4 is 0 Å². The molecule has 160 valence electrons. The summed E-state index contributed by atoms with van der Waals surface area (Å²) in [5, 5.41) is 23.1. The van der Waals surface area contributed by atoms with Crippen molar-refractivity contribution in [2.24, 2.45) is 0 Å². The number of nitro groups is 1. The first-order chi connectivity index (χ1) is 15.4. The molecular weight excluding hydrogens is 434 g/mol.